The van der Waals surface area contributed by atoms with E-state index in [0.717, 1.165) is 0 Å². The zero-order valence-electron chi connectivity index (χ0n) is 12.5. The van der Waals surface area contributed by atoms with Gasteiger partial charge in [0.1, 0.15) is 0 Å². The zero-order chi connectivity index (χ0) is 17.6. The zero-order valence-corrected chi connectivity index (χ0v) is 13.3. The molecule has 134 valence electrons. The van der Waals surface area contributed by atoms with E-state index < -0.39 is 28.2 Å². The summed E-state index contributed by atoms with van der Waals surface area (Å²) in [6.45, 7) is 3.94. The molecule has 0 heterocycles. The molecular formula is C13H25F4NO3S. The van der Waals surface area contributed by atoms with Gasteiger partial charge in [-0.15, -0.1) is 6.58 Å². The summed E-state index contributed by atoms with van der Waals surface area (Å²) in [4.78, 5) is 0. The molecule has 0 aromatic rings. The Hall–Kier alpha value is -0.670. The number of hydrogen-bond donors (Lipinski definition) is 2. The molecule has 0 aliphatic rings. The summed E-state index contributed by atoms with van der Waals surface area (Å²) in [5, 5.41) is 0. The van der Waals surface area contributed by atoms with Crippen molar-refractivity contribution in [3.8, 4) is 0 Å². The van der Waals surface area contributed by atoms with Gasteiger partial charge >= 0.3 is 6.18 Å². The van der Waals surface area contributed by atoms with E-state index in [0.29, 0.717) is 38.6 Å². The average Bonchev–Trinajstić information content (AvgIpc) is 2.39. The minimum absolute atomic E-state index is 0.0836. The molecule has 0 aliphatic carbocycles. The summed E-state index contributed by atoms with van der Waals surface area (Å²) in [7, 11) is -4.61. The second-order valence-electron chi connectivity index (χ2n) is 4.72. The molecule has 0 fully saturated rings. The maximum atomic E-state index is 12.7. The molecule has 1 unspecified atom stereocenters. The van der Waals surface area contributed by atoms with Gasteiger partial charge < -0.3 is 5.73 Å². The van der Waals surface area contributed by atoms with Crippen LogP contribution in [0.3, 0.4) is 0 Å². The minimum atomic E-state index is -4.61. The lowest BCUT2D eigenvalue weighted by Crippen LogP contribution is -2.14. The molecule has 0 aliphatic heterocycles. The van der Waals surface area contributed by atoms with Gasteiger partial charge in [0.2, 0.25) is 5.50 Å². The monoisotopic (exact) mass is 351 g/mol. The Balaban J connectivity index is 0. The normalized spacial score (nSPS) is 13.2. The van der Waals surface area contributed by atoms with Gasteiger partial charge in [-0.25, -0.2) is 4.39 Å². The van der Waals surface area contributed by atoms with E-state index in [1.165, 1.54) is 0 Å². The lowest BCUT2D eigenvalue weighted by atomic mass is 10.1. The third-order valence-electron chi connectivity index (χ3n) is 2.63. The number of alkyl halides is 4. The van der Waals surface area contributed by atoms with Crippen LogP contribution in [0.2, 0.25) is 0 Å². The number of hydrogen-bond acceptors (Lipinski definition) is 3. The Morgan fingerprint density at radius 2 is 1.50 bits per heavy atom. The highest BCUT2D eigenvalue weighted by atomic mass is 32.2. The van der Waals surface area contributed by atoms with Gasteiger partial charge in [-0.05, 0) is 19.3 Å². The van der Waals surface area contributed by atoms with Gasteiger partial charge in [-0.3, -0.25) is 4.55 Å². The molecule has 0 bridgehead atoms. The van der Waals surface area contributed by atoms with Crippen molar-refractivity contribution >= 4 is 10.1 Å². The van der Waals surface area contributed by atoms with Gasteiger partial charge in [0.15, 0.2) is 0 Å². The van der Waals surface area contributed by atoms with E-state index in [1.807, 2.05) is 0 Å². The SMILES string of the molecule is C=CCN.O=S(=O)(O)C(F)CCCCCCCCC(F)(F)F. The Morgan fingerprint density at radius 1 is 1.09 bits per heavy atom. The van der Waals surface area contributed by atoms with E-state index in [9.17, 15) is 26.0 Å². The largest absolute Gasteiger partial charge is 0.389 e. The Bertz CT molecular complexity index is 372. The molecular weight excluding hydrogens is 326 g/mol. The minimum Gasteiger partial charge on any atom is -0.327 e. The smallest absolute Gasteiger partial charge is 0.327 e. The van der Waals surface area contributed by atoms with Gasteiger partial charge in [0.25, 0.3) is 10.1 Å². The van der Waals surface area contributed by atoms with Crippen molar-refractivity contribution in [1.82, 2.24) is 0 Å². The standard InChI is InChI=1S/C10H18F4O3S.C3H7N/c11-9(18(15,16)17)7-5-3-1-2-4-6-8-10(12,13)14;1-2-3-4/h9H,1-8H2,(H,15,16,17);2H,1,3-4H2. The molecule has 0 rings (SSSR count). The van der Waals surface area contributed by atoms with Crippen molar-refractivity contribution in [2.75, 3.05) is 6.54 Å². The van der Waals surface area contributed by atoms with Crippen molar-refractivity contribution < 1.29 is 30.5 Å². The van der Waals surface area contributed by atoms with Crippen LogP contribution in [0.1, 0.15) is 51.4 Å². The fraction of sp³-hybridized carbons (Fsp3) is 0.846. The fourth-order valence-corrected chi connectivity index (χ4v) is 1.95. The van der Waals surface area contributed by atoms with E-state index in [2.05, 4.69) is 6.58 Å². The molecule has 0 amide bonds. The summed E-state index contributed by atoms with van der Waals surface area (Å²) in [6.07, 6.45) is -0.908. The maximum Gasteiger partial charge on any atom is 0.389 e. The molecule has 0 radical (unpaired) electrons. The molecule has 0 saturated heterocycles. The van der Waals surface area contributed by atoms with Gasteiger partial charge in [-0.1, -0.05) is 31.8 Å². The summed E-state index contributed by atoms with van der Waals surface area (Å²) in [6, 6.07) is 0. The highest BCUT2D eigenvalue weighted by molar-refractivity contribution is 7.86. The van der Waals surface area contributed by atoms with E-state index in [1.54, 1.807) is 6.08 Å². The molecule has 0 saturated carbocycles. The Morgan fingerprint density at radius 3 is 1.86 bits per heavy atom. The Kier molecular flexibility index (Phi) is 13.8. The lowest BCUT2D eigenvalue weighted by molar-refractivity contribution is -0.135. The third-order valence-corrected chi connectivity index (χ3v) is 3.51. The highest BCUT2D eigenvalue weighted by Crippen LogP contribution is 2.23. The summed E-state index contributed by atoms with van der Waals surface area (Å²) >= 11 is 0. The molecule has 0 aromatic carbocycles. The van der Waals surface area contributed by atoms with Crippen LogP contribution < -0.4 is 5.73 Å². The van der Waals surface area contributed by atoms with Gasteiger partial charge in [0, 0.05) is 13.0 Å². The number of rotatable bonds is 10. The van der Waals surface area contributed by atoms with Crippen LogP contribution in [0.4, 0.5) is 17.6 Å². The first-order valence-corrected chi connectivity index (χ1v) is 8.53. The molecule has 4 nitrogen and oxygen atoms in total. The van der Waals surface area contributed by atoms with Crippen LogP contribution >= 0.6 is 0 Å². The van der Waals surface area contributed by atoms with Crippen molar-refractivity contribution in [2.45, 2.75) is 63.0 Å². The second-order valence-corrected chi connectivity index (χ2v) is 6.27. The van der Waals surface area contributed by atoms with Crippen LogP contribution in [-0.2, 0) is 10.1 Å². The summed E-state index contributed by atoms with van der Waals surface area (Å²) < 4.78 is 76.9. The van der Waals surface area contributed by atoms with Crippen molar-refractivity contribution in [3.05, 3.63) is 12.7 Å². The van der Waals surface area contributed by atoms with E-state index in [-0.39, 0.29) is 12.8 Å². The third kappa shape index (κ3) is 19.3. The first-order chi connectivity index (χ1) is 10.0. The molecule has 1 atom stereocenters. The predicted octanol–water partition coefficient (Wildman–Crippen LogP) is 3.98. The molecule has 3 N–H and O–H groups in total. The molecule has 0 aromatic heterocycles. The number of halogens is 4. The predicted molar refractivity (Wildman–Crippen MR) is 78.7 cm³/mol. The number of unbranched alkanes of at least 4 members (excludes halogenated alkanes) is 5. The average molecular weight is 351 g/mol. The number of nitrogens with two attached hydrogens (primary N) is 1. The molecule has 9 heteroatoms. The van der Waals surface area contributed by atoms with Crippen molar-refractivity contribution in [2.24, 2.45) is 5.73 Å². The maximum absolute atomic E-state index is 12.7. The van der Waals surface area contributed by atoms with Gasteiger partial charge in [-0.2, -0.15) is 21.6 Å². The highest BCUT2D eigenvalue weighted by Gasteiger charge is 2.25. The quantitative estimate of drug-likeness (QED) is 0.270. The van der Waals surface area contributed by atoms with Gasteiger partial charge in [0.05, 0.1) is 0 Å². The van der Waals surface area contributed by atoms with Crippen LogP contribution in [-0.4, -0.2) is 31.2 Å². The van der Waals surface area contributed by atoms with Crippen LogP contribution in [0.5, 0.6) is 0 Å². The Labute approximate surface area is 129 Å². The molecule has 0 spiro atoms. The molecule has 22 heavy (non-hydrogen) atoms. The summed E-state index contributed by atoms with van der Waals surface area (Å²) in [5.74, 6) is 0. The van der Waals surface area contributed by atoms with Crippen LogP contribution in [0, 0.1) is 0 Å². The van der Waals surface area contributed by atoms with Crippen LogP contribution in [0.15, 0.2) is 12.7 Å². The van der Waals surface area contributed by atoms with Crippen LogP contribution in [0.25, 0.3) is 0 Å². The van der Waals surface area contributed by atoms with Crippen molar-refractivity contribution in [3.63, 3.8) is 0 Å². The van der Waals surface area contributed by atoms with Crippen molar-refractivity contribution in [1.29, 1.82) is 0 Å². The second kappa shape index (κ2) is 12.8. The fourth-order valence-electron chi connectivity index (χ4n) is 1.49. The lowest BCUT2D eigenvalue weighted by Gasteiger charge is -2.06. The summed E-state index contributed by atoms with van der Waals surface area (Å²) in [5.41, 5.74) is 2.65. The first kappa shape index (κ1) is 23.6. The topological polar surface area (TPSA) is 80.4 Å². The first-order valence-electron chi connectivity index (χ1n) is 7.02. The van der Waals surface area contributed by atoms with E-state index in [4.69, 9.17) is 10.3 Å². The van der Waals surface area contributed by atoms with E-state index >= 15 is 0 Å².